The van der Waals surface area contributed by atoms with E-state index in [0.717, 1.165) is 13.0 Å². The average Bonchev–Trinajstić information content (AvgIpc) is 2.62. The van der Waals surface area contributed by atoms with Gasteiger partial charge >= 0.3 is 0 Å². The van der Waals surface area contributed by atoms with Gasteiger partial charge in [0.25, 0.3) is 0 Å². The Bertz CT molecular complexity index is 303. The first-order chi connectivity index (χ1) is 7.42. The lowest BCUT2D eigenvalue weighted by atomic mass is 10.2. The van der Waals surface area contributed by atoms with Gasteiger partial charge in [-0.3, -0.25) is 0 Å². The van der Waals surface area contributed by atoms with Crippen LogP contribution in [-0.4, -0.2) is 57.5 Å². The van der Waals surface area contributed by atoms with E-state index < -0.39 is 9.84 Å². The molecule has 1 fully saturated rings. The van der Waals surface area contributed by atoms with Crippen molar-refractivity contribution < 1.29 is 8.42 Å². The lowest BCUT2D eigenvalue weighted by Crippen LogP contribution is -2.35. The summed E-state index contributed by atoms with van der Waals surface area (Å²) in [6.07, 6.45) is 4.84. The van der Waals surface area contributed by atoms with Crippen molar-refractivity contribution in [3.63, 3.8) is 0 Å². The van der Waals surface area contributed by atoms with Crippen molar-refractivity contribution >= 4 is 9.84 Å². The van der Waals surface area contributed by atoms with Gasteiger partial charge in [-0.2, -0.15) is 0 Å². The fourth-order valence-corrected chi connectivity index (χ4v) is 2.94. The zero-order valence-corrected chi connectivity index (χ0v) is 11.4. The molecule has 1 aliphatic rings. The molecule has 2 atom stereocenters. The largest absolute Gasteiger partial charge is 0.314 e. The molecule has 0 saturated heterocycles. The molecule has 96 valence electrons. The van der Waals surface area contributed by atoms with E-state index in [2.05, 4.69) is 17.1 Å². The molecule has 1 aliphatic carbocycles. The molecule has 0 bridgehead atoms. The Balaban J connectivity index is 2.30. The molecule has 1 N–H and O–H groups in total. The van der Waals surface area contributed by atoms with Gasteiger partial charge in [-0.1, -0.05) is 6.92 Å². The Morgan fingerprint density at radius 3 is 2.62 bits per heavy atom. The SMILES string of the molecule is CCNC1CCC(N(C)CCS(C)(=O)=O)C1. The maximum Gasteiger partial charge on any atom is 0.148 e. The van der Waals surface area contributed by atoms with Crippen LogP contribution in [0.4, 0.5) is 0 Å². The molecule has 1 rings (SSSR count). The predicted octanol–water partition coefficient (Wildman–Crippen LogP) is 0.493. The van der Waals surface area contributed by atoms with E-state index >= 15 is 0 Å². The first-order valence-electron chi connectivity index (χ1n) is 6.03. The number of hydrogen-bond acceptors (Lipinski definition) is 4. The van der Waals surface area contributed by atoms with E-state index in [1.54, 1.807) is 0 Å². The van der Waals surface area contributed by atoms with Crippen molar-refractivity contribution in [2.45, 2.75) is 38.3 Å². The van der Waals surface area contributed by atoms with Crippen molar-refractivity contribution in [1.29, 1.82) is 0 Å². The monoisotopic (exact) mass is 248 g/mol. The van der Waals surface area contributed by atoms with Crippen LogP contribution in [0.25, 0.3) is 0 Å². The highest BCUT2D eigenvalue weighted by Gasteiger charge is 2.26. The molecule has 0 aliphatic heterocycles. The van der Waals surface area contributed by atoms with Crippen LogP contribution in [0.3, 0.4) is 0 Å². The van der Waals surface area contributed by atoms with E-state index in [-0.39, 0.29) is 5.75 Å². The zero-order chi connectivity index (χ0) is 12.2. The van der Waals surface area contributed by atoms with Crippen LogP contribution in [0.15, 0.2) is 0 Å². The van der Waals surface area contributed by atoms with Gasteiger partial charge in [0.2, 0.25) is 0 Å². The number of nitrogens with one attached hydrogen (secondary N) is 1. The fourth-order valence-electron chi connectivity index (χ4n) is 2.32. The second kappa shape index (κ2) is 5.98. The highest BCUT2D eigenvalue weighted by molar-refractivity contribution is 7.90. The molecule has 16 heavy (non-hydrogen) atoms. The molecule has 0 amide bonds. The third-order valence-corrected chi connectivity index (χ3v) is 4.26. The summed E-state index contributed by atoms with van der Waals surface area (Å²) in [5, 5.41) is 3.46. The minimum absolute atomic E-state index is 0.270. The molecule has 5 heteroatoms. The van der Waals surface area contributed by atoms with Crippen molar-refractivity contribution in [1.82, 2.24) is 10.2 Å². The van der Waals surface area contributed by atoms with E-state index in [1.165, 1.54) is 19.1 Å². The third-order valence-electron chi connectivity index (χ3n) is 3.34. The lowest BCUT2D eigenvalue weighted by Gasteiger charge is -2.24. The Labute approximate surface area is 99.3 Å². The number of sulfone groups is 1. The summed E-state index contributed by atoms with van der Waals surface area (Å²) in [6.45, 7) is 3.80. The molecule has 4 nitrogen and oxygen atoms in total. The second-order valence-electron chi connectivity index (χ2n) is 4.83. The number of nitrogens with zero attached hydrogens (tertiary/aromatic N) is 1. The molecule has 0 heterocycles. The van der Waals surface area contributed by atoms with Crippen LogP contribution in [0.2, 0.25) is 0 Å². The summed E-state index contributed by atoms with van der Waals surface area (Å²) >= 11 is 0. The molecule has 0 aromatic rings. The minimum atomic E-state index is -2.83. The first kappa shape index (κ1) is 13.9. The predicted molar refractivity (Wildman–Crippen MR) is 67.4 cm³/mol. The maximum absolute atomic E-state index is 11.1. The quantitative estimate of drug-likeness (QED) is 0.743. The molecular weight excluding hydrogens is 224 g/mol. The summed E-state index contributed by atoms with van der Waals surface area (Å²) in [6, 6.07) is 1.17. The highest BCUT2D eigenvalue weighted by atomic mass is 32.2. The molecule has 2 unspecified atom stereocenters. The Morgan fingerprint density at radius 1 is 1.38 bits per heavy atom. The Kier molecular flexibility index (Phi) is 5.21. The normalized spacial score (nSPS) is 26.5. The van der Waals surface area contributed by atoms with Crippen LogP contribution >= 0.6 is 0 Å². The summed E-state index contributed by atoms with van der Waals surface area (Å²) < 4.78 is 22.2. The van der Waals surface area contributed by atoms with Gasteiger partial charge in [0, 0.05) is 24.9 Å². The van der Waals surface area contributed by atoms with Crippen LogP contribution in [0, 0.1) is 0 Å². The Morgan fingerprint density at radius 2 is 2.06 bits per heavy atom. The molecule has 1 saturated carbocycles. The standard InChI is InChI=1S/C11H24N2O2S/c1-4-12-10-5-6-11(9-10)13(2)7-8-16(3,14)15/h10-12H,4-9H2,1-3H3. The van der Waals surface area contributed by atoms with Gasteiger partial charge in [-0.15, -0.1) is 0 Å². The van der Waals surface area contributed by atoms with E-state index in [0.29, 0.717) is 18.6 Å². The van der Waals surface area contributed by atoms with Crippen molar-refractivity contribution in [3.8, 4) is 0 Å². The fraction of sp³-hybridized carbons (Fsp3) is 1.00. The van der Waals surface area contributed by atoms with Crippen molar-refractivity contribution in [2.24, 2.45) is 0 Å². The van der Waals surface area contributed by atoms with Gasteiger partial charge in [0.1, 0.15) is 9.84 Å². The van der Waals surface area contributed by atoms with Crippen molar-refractivity contribution in [2.75, 3.05) is 32.1 Å². The lowest BCUT2D eigenvalue weighted by molar-refractivity contribution is 0.255. The minimum Gasteiger partial charge on any atom is -0.314 e. The van der Waals surface area contributed by atoms with Gasteiger partial charge in [-0.05, 0) is 32.9 Å². The summed E-state index contributed by atoms with van der Waals surface area (Å²) in [5.74, 6) is 0.270. The highest BCUT2D eigenvalue weighted by Crippen LogP contribution is 2.23. The summed E-state index contributed by atoms with van der Waals surface area (Å²) in [4.78, 5) is 2.19. The third kappa shape index (κ3) is 4.80. The molecular formula is C11H24N2O2S. The van der Waals surface area contributed by atoms with Crippen LogP contribution in [0.5, 0.6) is 0 Å². The smallest absolute Gasteiger partial charge is 0.148 e. The second-order valence-corrected chi connectivity index (χ2v) is 7.09. The van der Waals surface area contributed by atoms with Crippen LogP contribution < -0.4 is 5.32 Å². The maximum atomic E-state index is 11.1. The van der Waals surface area contributed by atoms with Gasteiger partial charge in [-0.25, -0.2) is 8.42 Å². The van der Waals surface area contributed by atoms with E-state index in [9.17, 15) is 8.42 Å². The molecule has 0 radical (unpaired) electrons. The van der Waals surface area contributed by atoms with E-state index in [4.69, 9.17) is 0 Å². The summed E-state index contributed by atoms with van der Waals surface area (Å²) in [5.41, 5.74) is 0. The first-order valence-corrected chi connectivity index (χ1v) is 8.09. The van der Waals surface area contributed by atoms with Gasteiger partial charge in [0.05, 0.1) is 5.75 Å². The van der Waals surface area contributed by atoms with Crippen LogP contribution in [-0.2, 0) is 9.84 Å². The van der Waals surface area contributed by atoms with Gasteiger partial charge < -0.3 is 10.2 Å². The summed E-state index contributed by atoms with van der Waals surface area (Å²) in [7, 11) is -0.798. The number of hydrogen-bond donors (Lipinski definition) is 1. The Hall–Kier alpha value is -0.130. The molecule has 0 spiro atoms. The van der Waals surface area contributed by atoms with Crippen LogP contribution in [0.1, 0.15) is 26.2 Å². The van der Waals surface area contributed by atoms with E-state index in [1.807, 2.05) is 7.05 Å². The molecule has 0 aromatic carbocycles. The zero-order valence-electron chi connectivity index (χ0n) is 10.6. The number of rotatable bonds is 6. The van der Waals surface area contributed by atoms with Gasteiger partial charge in [0.15, 0.2) is 0 Å². The average molecular weight is 248 g/mol. The topological polar surface area (TPSA) is 49.4 Å². The molecule has 0 aromatic heterocycles. The van der Waals surface area contributed by atoms with Crippen molar-refractivity contribution in [3.05, 3.63) is 0 Å².